The zero-order valence-electron chi connectivity index (χ0n) is 9.10. The first-order valence-corrected chi connectivity index (χ1v) is 5.43. The number of ether oxygens (including phenoxy) is 1. The van der Waals surface area contributed by atoms with E-state index < -0.39 is 0 Å². The number of hydrogen-bond donors (Lipinski definition) is 1. The summed E-state index contributed by atoms with van der Waals surface area (Å²) in [6.07, 6.45) is 0.562. The zero-order valence-corrected chi connectivity index (χ0v) is 10.7. The molecule has 2 N–H and O–H groups in total. The summed E-state index contributed by atoms with van der Waals surface area (Å²) in [4.78, 5) is 0. The highest BCUT2D eigenvalue weighted by atomic mass is 79.9. The molecule has 0 fully saturated rings. The van der Waals surface area contributed by atoms with E-state index in [-0.39, 0.29) is 17.1 Å². The van der Waals surface area contributed by atoms with Gasteiger partial charge in [0, 0.05) is 15.6 Å². The Morgan fingerprint density at radius 3 is 2.53 bits per heavy atom. The van der Waals surface area contributed by atoms with Gasteiger partial charge in [-0.05, 0) is 32.4 Å². The van der Waals surface area contributed by atoms with Crippen molar-refractivity contribution in [3.05, 3.63) is 28.0 Å². The van der Waals surface area contributed by atoms with Crippen molar-refractivity contribution in [3.63, 3.8) is 0 Å². The molecule has 0 aliphatic rings. The van der Waals surface area contributed by atoms with Crippen molar-refractivity contribution in [1.82, 2.24) is 0 Å². The smallest absolute Gasteiger partial charge is 0.166 e. The summed E-state index contributed by atoms with van der Waals surface area (Å²) in [7, 11) is 1.46. The Morgan fingerprint density at radius 1 is 1.47 bits per heavy atom. The van der Waals surface area contributed by atoms with Crippen molar-refractivity contribution in [2.45, 2.75) is 25.8 Å². The van der Waals surface area contributed by atoms with Crippen LogP contribution in [0.15, 0.2) is 16.6 Å². The predicted molar refractivity (Wildman–Crippen MR) is 62.6 cm³/mol. The molecule has 0 atom stereocenters. The maximum Gasteiger partial charge on any atom is 0.166 e. The van der Waals surface area contributed by atoms with E-state index in [0.29, 0.717) is 10.9 Å². The molecule has 2 nitrogen and oxygen atoms in total. The van der Waals surface area contributed by atoms with Gasteiger partial charge in [0.1, 0.15) is 0 Å². The molecule has 15 heavy (non-hydrogen) atoms. The van der Waals surface area contributed by atoms with Gasteiger partial charge in [-0.2, -0.15) is 0 Å². The Balaban J connectivity index is 3.15. The lowest BCUT2D eigenvalue weighted by molar-refractivity contribution is 0.375. The Bertz CT molecular complexity index is 360. The number of halogens is 2. The van der Waals surface area contributed by atoms with E-state index in [2.05, 4.69) is 15.9 Å². The Morgan fingerprint density at radius 2 is 2.07 bits per heavy atom. The van der Waals surface area contributed by atoms with E-state index >= 15 is 0 Å². The van der Waals surface area contributed by atoms with Gasteiger partial charge in [0.15, 0.2) is 11.6 Å². The van der Waals surface area contributed by atoms with Crippen LogP contribution in [0.1, 0.15) is 19.4 Å². The monoisotopic (exact) mass is 275 g/mol. The Labute approximate surface area is 97.7 Å². The number of nitrogens with two attached hydrogens (primary N) is 1. The summed E-state index contributed by atoms with van der Waals surface area (Å²) in [5.41, 5.74) is 6.28. The minimum atomic E-state index is -0.388. The molecule has 0 heterocycles. The van der Waals surface area contributed by atoms with E-state index in [1.54, 1.807) is 0 Å². The van der Waals surface area contributed by atoms with Gasteiger partial charge in [-0.1, -0.05) is 15.9 Å². The summed E-state index contributed by atoms with van der Waals surface area (Å²) < 4.78 is 19.2. The van der Waals surface area contributed by atoms with Crippen molar-refractivity contribution in [3.8, 4) is 5.75 Å². The predicted octanol–water partition coefficient (Wildman–Crippen LogP) is 2.88. The fourth-order valence-electron chi connectivity index (χ4n) is 1.46. The summed E-state index contributed by atoms with van der Waals surface area (Å²) in [6, 6.07) is 3.21. The third kappa shape index (κ3) is 3.47. The molecule has 0 radical (unpaired) electrons. The lowest BCUT2D eigenvalue weighted by atomic mass is 9.95. The van der Waals surface area contributed by atoms with Crippen molar-refractivity contribution in [1.29, 1.82) is 0 Å². The summed E-state index contributed by atoms with van der Waals surface area (Å²) in [5, 5.41) is 0. The number of benzene rings is 1. The molecule has 84 valence electrons. The molecule has 1 aromatic rings. The first-order valence-electron chi connectivity index (χ1n) is 4.64. The van der Waals surface area contributed by atoms with Crippen LogP contribution in [0, 0.1) is 5.82 Å². The van der Waals surface area contributed by atoms with Crippen LogP contribution >= 0.6 is 15.9 Å². The quantitative estimate of drug-likeness (QED) is 0.921. The third-order valence-electron chi connectivity index (χ3n) is 1.94. The zero-order chi connectivity index (χ0) is 11.6. The molecule has 0 bridgehead atoms. The molecule has 0 saturated carbocycles. The molecule has 0 amide bonds. The SMILES string of the molecule is COc1c(F)cc(Br)cc1CC(C)(C)N. The number of rotatable bonds is 3. The van der Waals surface area contributed by atoms with Gasteiger partial charge in [-0.25, -0.2) is 4.39 Å². The Hall–Kier alpha value is -0.610. The van der Waals surface area contributed by atoms with Crippen LogP contribution in [-0.4, -0.2) is 12.6 Å². The van der Waals surface area contributed by atoms with Crippen LogP contribution < -0.4 is 10.5 Å². The van der Waals surface area contributed by atoms with Gasteiger partial charge >= 0.3 is 0 Å². The average Bonchev–Trinajstić information content (AvgIpc) is 1.99. The van der Waals surface area contributed by atoms with Gasteiger partial charge in [0.2, 0.25) is 0 Å². The maximum atomic E-state index is 13.5. The van der Waals surface area contributed by atoms with Crippen molar-refractivity contribution in [2.75, 3.05) is 7.11 Å². The number of methoxy groups -OCH3 is 1. The van der Waals surface area contributed by atoms with Crippen LogP contribution in [0.4, 0.5) is 4.39 Å². The minimum Gasteiger partial charge on any atom is -0.493 e. The van der Waals surface area contributed by atoms with Gasteiger partial charge < -0.3 is 10.5 Å². The van der Waals surface area contributed by atoms with Crippen LogP contribution in [0.5, 0.6) is 5.75 Å². The van der Waals surface area contributed by atoms with Crippen LogP contribution in [0.2, 0.25) is 0 Å². The molecule has 1 aromatic carbocycles. The van der Waals surface area contributed by atoms with Gasteiger partial charge in [0.05, 0.1) is 7.11 Å². The first kappa shape index (κ1) is 12.5. The highest BCUT2D eigenvalue weighted by Gasteiger charge is 2.18. The molecule has 4 heteroatoms. The van der Waals surface area contributed by atoms with Crippen LogP contribution in [0.25, 0.3) is 0 Å². The van der Waals surface area contributed by atoms with E-state index in [4.69, 9.17) is 10.5 Å². The molecule has 0 saturated heterocycles. The molecule has 1 rings (SSSR count). The fraction of sp³-hybridized carbons (Fsp3) is 0.455. The van der Waals surface area contributed by atoms with Crippen molar-refractivity contribution >= 4 is 15.9 Å². The lowest BCUT2D eigenvalue weighted by Gasteiger charge is -2.20. The van der Waals surface area contributed by atoms with Crippen LogP contribution in [-0.2, 0) is 6.42 Å². The van der Waals surface area contributed by atoms with Crippen LogP contribution in [0.3, 0.4) is 0 Å². The first-order chi connectivity index (χ1) is 6.83. The van der Waals surface area contributed by atoms with E-state index in [0.717, 1.165) is 5.56 Å². The lowest BCUT2D eigenvalue weighted by Crippen LogP contribution is -2.34. The second-order valence-electron chi connectivity index (χ2n) is 4.25. The van der Waals surface area contributed by atoms with Crippen molar-refractivity contribution in [2.24, 2.45) is 5.73 Å². The van der Waals surface area contributed by atoms with Gasteiger partial charge in [-0.15, -0.1) is 0 Å². The normalized spacial score (nSPS) is 11.6. The highest BCUT2D eigenvalue weighted by molar-refractivity contribution is 9.10. The van der Waals surface area contributed by atoms with E-state index in [1.807, 2.05) is 19.9 Å². The second kappa shape index (κ2) is 4.49. The molecule has 0 aliphatic carbocycles. The summed E-state index contributed by atoms with van der Waals surface area (Å²) >= 11 is 3.25. The minimum absolute atomic E-state index is 0.275. The number of hydrogen-bond acceptors (Lipinski definition) is 2. The Kier molecular flexibility index (Phi) is 3.73. The molecular weight excluding hydrogens is 261 g/mol. The molecule has 0 unspecified atom stereocenters. The van der Waals surface area contributed by atoms with E-state index in [1.165, 1.54) is 13.2 Å². The summed E-state index contributed by atoms with van der Waals surface area (Å²) in [6.45, 7) is 3.79. The van der Waals surface area contributed by atoms with Gasteiger partial charge in [0.25, 0.3) is 0 Å². The molecule has 0 spiro atoms. The third-order valence-corrected chi connectivity index (χ3v) is 2.39. The highest BCUT2D eigenvalue weighted by Crippen LogP contribution is 2.29. The summed E-state index contributed by atoms with van der Waals surface area (Å²) in [5.74, 6) is -0.0946. The molecule has 0 aliphatic heterocycles. The largest absolute Gasteiger partial charge is 0.493 e. The topological polar surface area (TPSA) is 35.2 Å². The van der Waals surface area contributed by atoms with Gasteiger partial charge in [-0.3, -0.25) is 0 Å². The molecule has 0 aromatic heterocycles. The second-order valence-corrected chi connectivity index (χ2v) is 5.16. The molecular formula is C11H15BrFNO. The average molecular weight is 276 g/mol. The van der Waals surface area contributed by atoms with E-state index in [9.17, 15) is 4.39 Å². The standard InChI is InChI=1S/C11H15BrFNO/c1-11(2,14)6-7-4-8(12)5-9(13)10(7)15-3/h4-5H,6,14H2,1-3H3. The fourth-order valence-corrected chi connectivity index (χ4v) is 1.94. The maximum absolute atomic E-state index is 13.5. The van der Waals surface area contributed by atoms with Crippen molar-refractivity contribution < 1.29 is 9.13 Å².